The Morgan fingerprint density at radius 2 is 1.93 bits per heavy atom. The van der Waals surface area contributed by atoms with E-state index in [0.29, 0.717) is 11.3 Å². The van der Waals surface area contributed by atoms with Crippen molar-refractivity contribution in [1.29, 1.82) is 0 Å². The van der Waals surface area contributed by atoms with Gasteiger partial charge in [-0.25, -0.2) is 4.39 Å². The van der Waals surface area contributed by atoms with Crippen molar-refractivity contribution >= 4 is 11.5 Å². The highest BCUT2D eigenvalue weighted by atomic mass is 19.1. The molecule has 2 aromatic carbocycles. The molecule has 0 saturated carbocycles. The summed E-state index contributed by atoms with van der Waals surface area (Å²) in [7, 11) is 2.01. The van der Waals surface area contributed by atoms with Crippen molar-refractivity contribution in [2.45, 2.75) is 19.9 Å². The number of nitrogens with one attached hydrogen (secondary N) is 1. The molecule has 0 radical (unpaired) electrons. The number of rotatable bonds is 4. The molecule has 0 spiro atoms. The molecule has 5 nitrogen and oxygen atoms in total. The zero-order valence-electron chi connectivity index (χ0n) is 16.1. The summed E-state index contributed by atoms with van der Waals surface area (Å²) in [5.41, 5.74) is 5.84. The smallest absolute Gasteiger partial charge is 0.159 e. The van der Waals surface area contributed by atoms with E-state index in [1.807, 2.05) is 17.9 Å². The van der Waals surface area contributed by atoms with E-state index in [4.69, 9.17) is 4.74 Å². The van der Waals surface area contributed by atoms with Gasteiger partial charge in [0.15, 0.2) is 5.78 Å². The highest BCUT2D eigenvalue weighted by molar-refractivity contribution is 5.94. The number of carbonyl (C=O) groups excluding carboxylic acids is 1. The second kappa shape index (κ2) is 9.17. The van der Waals surface area contributed by atoms with E-state index in [1.54, 1.807) is 24.3 Å². The number of hydrogen-bond acceptors (Lipinski definition) is 4. The van der Waals surface area contributed by atoms with E-state index < -0.39 is 6.67 Å². The Hall–Kier alpha value is -3.15. The fourth-order valence-corrected chi connectivity index (χ4v) is 3.04. The van der Waals surface area contributed by atoms with Crippen LogP contribution in [0, 0.1) is 0 Å². The molecule has 2 heterocycles. The van der Waals surface area contributed by atoms with Gasteiger partial charge in [-0.3, -0.25) is 9.48 Å². The molecule has 1 aliphatic rings. The zero-order valence-corrected chi connectivity index (χ0v) is 16.1. The van der Waals surface area contributed by atoms with Gasteiger partial charge >= 0.3 is 0 Å². The Morgan fingerprint density at radius 3 is 2.64 bits per heavy atom. The van der Waals surface area contributed by atoms with Crippen molar-refractivity contribution < 1.29 is 13.9 Å². The van der Waals surface area contributed by atoms with Crippen LogP contribution in [0.3, 0.4) is 0 Å². The van der Waals surface area contributed by atoms with E-state index in [2.05, 4.69) is 34.7 Å². The molecule has 3 aromatic rings. The summed E-state index contributed by atoms with van der Waals surface area (Å²) in [4.78, 5) is 10.9. The topological polar surface area (TPSA) is 56.2 Å². The first kappa shape index (κ1) is 19.6. The summed E-state index contributed by atoms with van der Waals surface area (Å²) in [6.07, 6.45) is 2.92. The number of anilines is 1. The lowest BCUT2D eigenvalue weighted by Crippen LogP contribution is -2.00. The van der Waals surface area contributed by atoms with Crippen molar-refractivity contribution in [2.75, 3.05) is 18.6 Å². The summed E-state index contributed by atoms with van der Waals surface area (Å²) in [6, 6.07) is 15.1. The molecular formula is C22H24FN3O2. The number of alkyl halides is 1. The van der Waals surface area contributed by atoms with Crippen LogP contribution in [0.4, 0.5) is 10.1 Å². The molecular weight excluding hydrogens is 357 g/mol. The summed E-state index contributed by atoms with van der Waals surface area (Å²) >= 11 is 0. The highest BCUT2D eigenvalue weighted by Gasteiger charge is 2.15. The first-order valence-corrected chi connectivity index (χ1v) is 9.19. The van der Waals surface area contributed by atoms with Crippen molar-refractivity contribution in [3.8, 4) is 5.75 Å². The molecule has 0 amide bonds. The Bertz CT molecular complexity index is 935. The molecule has 4 rings (SSSR count). The number of nitrogens with zero attached hydrogens (tertiary/aromatic N) is 2. The molecule has 0 bridgehead atoms. The molecule has 1 N–H and O–H groups in total. The van der Waals surface area contributed by atoms with E-state index in [1.165, 1.54) is 29.4 Å². The third kappa shape index (κ3) is 4.76. The normalized spacial score (nSPS) is 11.8. The number of aromatic nitrogens is 2. The predicted molar refractivity (Wildman–Crippen MR) is 108 cm³/mol. The van der Waals surface area contributed by atoms with Crippen LogP contribution in [0.5, 0.6) is 5.75 Å². The highest BCUT2D eigenvalue weighted by Crippen LogP contribution is 2.25. The predicted octanol–water partition coefficient (Wildman–Crippen LogP) is 4.17. The molecule has 0 aliphatic carbocycles. The number of aryl methyl sites for hydroxylation is 1. The number of ether oxygens (including phenoxy) is 1. The number of halogens is 1. The van der Waals surface area contributed by atoms with Crippen LogP contribution in [0.25, 0.3) is 0 Å². The van der Waals surface area contributed by atoms with Crippen molar-refractivity contribution in [3.05, 3.63) is 77.1 Å². The largest absolute Gasteiger partial charge is 0.491 e. The van der Waals surface area contributed by atoms with Crippen LogP contribution in [0.15, 0.2) is 54.7 Å². The van der Waals surface area contributed by atoms with Crippen LogP contribution < -0.4 is 10.1 Å². The Kier molecular flexibility index (Phi) is 6.42. The number of ketones is 1. The van der Waals surface area contributed by atoms with Gasteiger partial charge in [0.05, 0.1) is 6.20 Å². The maximum absolute atomic E-state index is 11.7. The Labute approximate surface area is 164 Å². The molecule has 0 atom stereocenters. The van der Waals surface area contributed by atoms with Crippen molar-refractivity contribution in [1.82, 2.24) is 9.78 Å². The van der Waals surface area contributed by atoms with E-state index in [0.717, 1.165) is 13.0 Å². The van der Waals surface area contributed by atoms with E-state index >= 15 is 0 Å². The second-order valence-electron chi connectivity index (χ2n) is 6.55. The molecule has 28 heavy (non-hydrogen) atoms. The number of para-hydroxylation sites is 1. The second-order valence-corrected chi connectivity index (χ2v) is 6.55. The van der Waals surface area contributed by atoms with E-state index in [-0.39, 0.29) is 12.4 Å². The standard InChI is InChI=1S/C12H13N3.C10H11FO2/c1-15-12-6-9-4-2-3-5-11(9)13-7-10(12)8-14-15;1-8(12)9-2-4-10(5-3-9)13-7-6-11/h2-5,8,13H,6-7H2,1H3;2-5H,6-7H2,1H3. The van der Waals surface area contributed by atoms with Gasteiger partial charge < -0.3 is 10.1 Å². The minimum absolute atomic E-state index is 0.0111. The molecule has 0 fully saturated rings. The van der Waals surface area contributed by atoms with Crippen molar-refractivity contribution in [3.63, 3.8) is 0 Å². The first-order chi connectivity index (χ1) is 13.6. The zero-order chi connectivity index (χ0) is 19.9. The van der Waals surface area contributed by atoms with Gasteiger partial charge in [-0.1, -0.05) is 18.2 Å². The van der Waals surface area contributed by atoms with Gasteiger partial charge in [0.2, 0.25) is 0 Å². The van der Waals surface area contributed by atoms with Crippen LogP contribution in [0.2, 0.25) is 0 Å². The van der Waals surface area contributed by atoms with Gasteiger partial charge in [-0.05, 0) is 42.8 Å². The lowest BCUT2D eigenvalue weighted by Gasteiger charge is -2.06. The minimum Gasteiger partial charge on any atom is -0.491 e. The third-order valence-electron chi connectivity index (χ3n) is 4.60. The number of benzene rings is 2. The quantitative estimate of drug-likeness (QED) is 0.689. The van der Waals surface area contributed by atoms with Crippen LogP contribution in [-0.4, -0.2) is 28.8 Å². The average Bonchev–Trinajstić information content (AvgIpc) is 2.95. The van der Waals surface area contributed by atoms with Gasteiger partial charge in [0, 0.05) is 42.5 Å². The summed E-state index contributed by atoms with van der Waals surface area (Å²) in [5, 5.41) is 7.73. The number of carbonyl (C=O) groups is 1. The minimum atomic E-state index is -0.505. The molecule has 6 heteroatoms. The van der Waals surface area contributed by atoms with Gasteiger partial charge in [0.25, 0.3) is 0 Å². The Balaban J connectivity index is 0.000000163. The number of fused-ring (bicyclic) bond motifs is 2. The first-order valence-electron chi connectivity index (χ1n) is 9.19. The molecule has 1 aliphatic heterocycles. The lowest BCUT2D eigenvalue weighted by atomic mass is 10.1. The van der Waals surface area contributed by atoms with Crippen LogP contribution in [-0.2, 0) is 20.0 Å². The van der Waals surface area contributed by atoms with Crippen LogP contribution in [0.1, 0.15) is 34.1 Å². The molecule has 0 saturated heterocycles. The fourth-order valence-electron chi connectivity index (χ4n) is 3.04. The third-order valence-corrected chi connectivity index (χ3v) is 4.60. The fraction of sp³-hybridized carbons (Fsp3) is 0.273. The lowest BCUT2D eigenvalue weighted by molar-refractivity contribution is 0.101. The summed E-state index contributed by atoms with van der Waals surface area (Å²) in [6.45, 7) is 1.92. The maximum atomic E-state index is 11.7. The van der Waals surface area contributed by atoms with Crippen molar-refractivity contribution in [2.24, 2.45) is 7.05 Å². The van der Waals surface area contributed by atoms with Crippen LogP contribution >= 0.6 is 0 Å². The monoisotopic (exact) mass is 381 g/mol. The van der Waals surface area contributed by atoms with Gasteiger partial charge in [0.1, 0.15) is 19.0 Å². The molecule has 1 aromatic heterocycles. The number of Topliss-reactive ketones (excluding diaryl/α,β-unsaturated/α-hetero) is 1. The SMILES string of the molecule is CC(=O)c1ccc(OCCF)cc1.Cn1ncc2c1Cc1ccccc1NC2. The summed E-state index contributed by atoms with van der Waals surface area (Å²) < 4.78 is 18.7. The molecule has 0 unspecified atom stereocenters. The van der Waals surface area contributed by atoms with Gasteiger partial charge in [-0.2, -0.15) is 5.10 Å². The number of hydrogen-bond donors (Lipinski definition) is 1. The average molecular weight is 381 g/mol. The maximum Gasteiger partial charge on any atom is 0.159 e. The summed E-state index contributed by atoms with van der Waals surface area (Å²) in [5.74, 6) is 0.597. The van der Waals surface area contributed by atoms with E-state index in [9.17, 15) is 9.18 Å². The molecule has 146 valence electrons. The van der Waals surface area contributed by atoms with Gasteiger partial charge in [-0.15, -0.1) is 0 Å². The Morgan fingerprint density at radius 1 is 1.18 bits per heavy atom.